The van der Waals surface area contributed by atoms with E-state index in [4.69, 9.17) is 9.47 Å². The Morgan fingerprint density at radius 1 is 0.844 bits per heavy atom. The van der Waals surface area contributed by atoms with Crippen LogP contribution in [0.3, 0.4) is 0 Å². The summed E-state index contributed by atoms with van der Waals surface area (Å²) in [6.45, 7) is 10.9. The van der Waals surface area contributed by atoms with Crippen LogP contribution in [0.2, 0.25) is 0 Å². The Labute approximate surface area is 193 Å². The zero-order chi connectivity index (χ0) is 22.9. The van der Waals surface area contributed by atoms with Gasteiger partial charge < -0.3 is 24.8 Å². The van der Waals surface area contributed by atoms with E-state index in [0.717, 1.165) is 57.8 Å². The van der Waals surface area contributed by atoms with Gasteiger partial charge in [-0.25, -0.2) is 0 Å². The molecule has 2 aliphatic heterocycles. The van der Waals surface area contributed by atoms with Crippen LogP contribution in [0.15, 0.2) is 0 Å². The van der Waals surface area contributed by atoms with E-state index in [1.165, 1.54) is 0 Å². The standard InChI is InChI=1S/C27H44O5/c1-23(2)10-11-27(32-23)26(5,30)22-20(31-27)13-18-17-7-6-15-12-16(28)8-9-24(15,3)21(17)19(29)14-25(18,22)4/h15-22,28-30H,6-14H2,1-5H3/t15-,16+,17-,18-,19-,20-,21+,22-,24-,25-,26+,27-/m0/s1. The van der Waals surface area contributed by atoms with Gasteiger partial charge in [0.2, 0.25) is 0 Å². The Hall–Kier alpha value is -0.200. The molecule has 6 rings (SSSR count). The Morgan fingerprint density at radius 2 is 1.59 bits per heavy atom. The number of hydrogen-bond acceptors (Lipinski definition) is 5. The second-order valence-corrected chi connectivity index (χ2v) is 13.9. The highest BCUT2D eigenvalue weighted by molar-refractivity contribution is 5.22. The fraction of sp³-hybridized carbons (Fsp3) is 1.00. The number of aliphatic hydroxyl groups excluding tert-OH is 2. The molecule has 5 heteroatoms. The highest BCUT2D eigenvalue weighted by Gasteiger charge is 2.76. The van der Waals surface area contributed by atoms with Crippen LogP contribution in [0.25, 0.3) is 0 Å². The molecule has 2 heterocycles. The molecule has 0 aromatic rings. The molecule has 32 heavy (non-hydrogen) atoms. The van der Waals surface area contributed by atoms with Gasteiger partial charge in [0, 0.05) is 12.3 Å². The van der Waals surface area contributed by atoms with E-state index < -0.39 is 11.4 Å². The first-order valence-corrected chi connectivity index (χ1v) is 13.3. The molecule has 0 amide bonds. The summed E-state index contributed by atoms with van der Waals surface area (Å²) in [4.78, 5) is 0. The van der Waals surface area contributed by atoms with Gasteiger partial charge in [0.15, 0.2) is 5.79 Å². The van der Waals surface area contributed by atoms with Crippen molar-refractivity contribution in [3.05, 3.63) is 0 Å². The van der Waals surface area contributed by atoms with Crippen LogP contribution in [0.5, 0.6) is 0 Å². The molecule has 182 valence electrons. The average molecular weight is 449 g/mol. The lowest BCUT2D eigenvalue weighted by atomic mass is 9.43. The van der Waals surface area contributed by atoms with E-state index in [0.29, 0.717) is 23.7 Å². The predicted octanol–water partition coefficient (Wildman–Crippen LogP) is 4.02. The molecule has 4 saturated carbocycles. The normalized spacial score (nSPS) is 63.0. The van der Waals surface area contributed by atoms with Crippen molar-refractivity contribution in [2.24, 2.45) is 40.4 Å². The molecule has 4 aliphatic carbocycles. The fourth-order valence-corrected chi connectivity index (χ4v) is 10.5. The van der Waals surface area contributed by atoms with Gasteiger partial charge in [0.05, 0.1) is 23.9 Å². The van der Waals surface area contributed by atoms with Crippen LogP contribution in [0.4, 0.5) is 0 Å². The van der Waals surface area contributed by atoms with E-state index in [-0.39, 0.29) is 40.7 Å². The third-order valence-corrected chi connectivity index (χ3v) is 11.8. The summed E-state index contributed by atoms with van der Waals surface area (Å²) in [6.07, 6.45) is 7.88. The molecule has 5 nitrogen and oxygen atoms in total. The van der Waals surface area contributed by atoms with E-state index in [9.17, 15) is 15.3 Å². The maximum Gasteiger partial charge on any atom is 0.198 e. The summed E-state index contributed by atoms with van der Waals surface area (Å²) in [5.74, 6) is 0.833. The number of ether oxygens (including phenoxy) is 2. The van der Waals surface area contributed by atoms with Crippen molar-refractivity contribution in [3.63, 3.8) is 0 Å². The van der Waals surface area contributed by atoms with Crippen LogP contribution < -0.4 is 0 Å². The van der Waals surface area contributed by atoms with Gasteiger partial charge in [-0.05, 0) is 107 Å². The van der Waals surface area contributed by atoms with Crippen molar-refractivity contribution in [3.8, 4) is 0 Å². The number of aliphatic hydroxyl groups is 3. The molecule has 6 aliphatic rings. The first-order chi connectivity index (χ1) is 14.8. The van der Waals surface area contributed by atoms with Gasteiger partial charge in [-0.3, -0.25) is 0 Å². The third-order valence-electron chi connectivity index (χ3n) is 11.8. The largest absolute Gasteiger partial charge is 0.393 e. The van der Waals surface area contributed by atoms with E-state index >= 15 is 0 Å². The maximum absolute atomic E-state index is 12.0. The maximum atomic E-state index is 12.0. The van der Waals surface area contributed by atoms with Crippen molar-refractivity contribution >= 4 is 0 Å². The predicted molar refractivity (Wildman–Crippen MR) is 121 cm³/mol. The monoisotopic (exact) mass is 448 g/mol. The molecule has 1 spiro atoms. The molecule has 6 fully saturated rings. The molecule has 0 aromatic carbocycles. The van der Waals surface area contributed by atoms with Crippen LogP contribution in [-0.2, 0) is 9.47 Å². The first kappa shape index (κ1) is 22.3. The van der Waals surface area contributed by atoms with Crippen LogP contribution in [0, 0.1) is 40.4 Å². The van der Waals surface area contributed by atoms with Crippen molar-refractivity contribution < 1.29 is 24.8 Å². The highest BCUT2D eigenvalue weighted by atomic mass is 16.7. The van der Waals surface area contributed by atoms with Crippen molar-refractivity contribution in [2.75, 3.05) is 0 Å². The molecule has 12 atom stereocenters. The average Bonchev–Trinajstić information content (AvgIpc) is 3.23. The number of hydrogen-bond donors (Lipinski definition) is 3. The Morgan fingerprint density at radius 3 is 2.28 bits per heavy atom. The fourth-order valence-electron chi connectivity index (χ4n) is 10.5. The summed E-state index contributed by atoms with van der Waals surface area (Å²) >= 11 is 0. The number of rotatable bonds is 0. The first-order valence-electron chi connectivity index (χ1n) is 13.3. The minimum atomic E-state index is -1.06. The smallest absolute Gasteiger partial charge is 0.198 e. The second-order valence-electron chi connectivity index (χ2n) is 13.9. The number of fused-ring (bicyclic) bond motifs is 7. The third kappa shape index (κ3) is 2.64. The van der Waals surface area contributed by atoms with Gasteiger partial charge in [0.25, 0.3) is 0 Å². The molecular weight excluding hydrogens is 404 g/mol. The van der Waals surface area contributed by atoms with Crippen LogP contribution in [-0.4, -0.2) is 50.6 Å². The summed E-state index contributed by atoms with van der Waals surface area (Å²) in [5.41, 5.74) is -1.37. The molecule has 0 aromatic heterocycles. The molecular formula is C27H44O5. The van der Waals surface area contributed by atoms with Crippen molar-refractivity contribution in [2.45, 2.75) is 128 Å². The molecule has 0 unspecified atom stereocenters. The molecule has 3 N–H and O–H groups in total. The van der Waals surface area contributed by atoms with Crippen molar-refractivity contribution in [1.29, 1.82) is 0 Å². The summed E-state index contributed by atoms with van der Waals surface area (Å²) in [7, 11) is 0. The lowest BCUT2D eigenvalue weighted by Gasteiger charge is -2.63. The van der Waals surface area contributed by atoms with Gasteiger partial charge >= 0.3 is 0 Å². The topological polar surface area (TPSA) is 79.2 Å². The van der Waals surface area contributed by atoms with Crippen LogP contribution >= 0.6 is 0 Å². The van der Waals surface area contributed by atoms with Crippen LogP contribution in [0.1, 0.15) is 92.4 Å². The lowest BCUT2D eigenvalue weighted by molar-refractivity contribution is -0.300. The van der Waals surface area contributed by atoms with Gasteiger partial charge in [-0.15, -0.1) is 0 Å². The molecule has 0 bridgehead atoms. The quantitative estimate of drug-likeness (QED) is 0.522. The summed E-state index contributed by atoms with van der Waals surface area (Å²) in [6, 6.07) is 0. The minimum absolute atomic E-state index is 0.00134. The lowest BCUT2D eigenvalue weighted by Crippen LogP contribution is -2.62. The van der Waals surface area contributed by atoms with E-state index in [1.54, 1.807) is 0 Å². The highest BCUT2D eigenvalue weighted by Crippen LogP contribution is 2.72. The Bertz CT molecular complexity index is 795. The van der Waals surface area contributed by atoms with Gasteiger partial charge in [-0.2, -0.15) is 0 Å². The van der Waals surface area contributed by atoms with Gasteiger partial charge in [0.1, 0.15) is 5.60 Å². The zero-order valence-corrected chi connectivity index (χ0v) is 20.6. The van der Waals surface area contributed by atoms with E-state index in [1.807, 2.05) is 6.92 Å². The Balaban J connectivity index is 1.34. The Kier molecular flexibility index (Phi) is 4.53. The molecule has 2 saturated heterocycles. The summed E-state index contributed by atoms with van der Waals surface area (Å²) in [5, 5.41) is 34.0. The molecule has 0 radical (unpaired) electrons. The van der Waals surface area contributed by atoms with Crippen molar-refractivity contribution in [1.82, 2.24) is 0 Å². The van der Waals surface area contributed by atoms with Gasteiger partial charge in [-0.1, -0.05) is 13.8 Å². The second kappa shape index (κ2) is 6.51. The SMILES string of the molecule is CC1(C)CC[C@]2(O[C@H]3C[C@H]4[C@@H]5CC[C@H]6C[C@H](O)CC[C@]6(C)[C@H]5[C@@H](O)C[C@]4(C)[C@H]3[C@@]2(C)O)O1. The summed E-state index contributed by atoms with van der Waals surface area (Å²) < 4.78 is 13.2. The van der Waals surface area contributed by atoms with E-state index in [2.05, 4.69) is 27.7 Å². The zero-order valence-electron chi connectivity index (χ0n) is 20.6. The minimum Gasteiger partial charge on any atom is -0.393 e.